The Balaban J connectivity index is 1.35. The number of nitrogens with two attached hydrogens (primary N) is 1. The van der Waals surface area contributed by atoms with Crippen LogP contribution in [0.15, 0.2) is 97.5 Å². The van der Waals surface area contributed by atoms with Crippen molar-refractivity contribution in [2.45, 2.75) is 18.9 Å². The van der Waals surface area contributed by atoms with Crippen LogP contribution < -0.4 is 11.1 Å². The van der Waals surface area contributed by atoms with Crippen molar-refractivity contribution in [3.8, 4) is 16.8 Å². The van der Waals surface area contributed by atoms with Crippen LogP contribution in [-0.4, -0.2) is 54.8 Å². The lowest BCUT2D eigenvalue weighted by molar-refractivity contribution is -0.147. The van der Waals surface area contributed by atoms with E-state index in [0.717, 1.165) is 16.7 Å². The van der Waals surface area contributed by atoms with Crippen molar-refractivity contribution < 1.29 is 19.1 Å². The van der Waals surface area contributed by atoms with E-state index in [1.807, 2.05) is 48.5 Å². The first-order valence-corrected chi connectivity index (χ1v) is 14.1. The largest absolute Gasteiger partial charge is 0.455 e. The number of amides is 2. The SMILES string of the molecule is NC(=O)COC(=O)Cc1ccc(-c2cnnc([C@H](Cc3ccccc3)NC(=O)/C=C/c3cc(Cl)ccc3-n3cnnn3)c2)cc1. The van der Waals surface area contributed by atoms with Gasteiger partial charge in [0.25, 0.3) is 5.91 Å². The highest BCUT2D eigenvalue weighted by Gasteiger charge is 2.18. The van der Waals surface area contributed by atoms with Crippen LogP contribution in [0, 0.1) is 0 Å². The third-order valence-corrected chi connectivity index (χ3v) is 6.88. The van der Waals surface area contributed by atoms with Crippen molar-refractivity contribution in [1.82, 2.24) is 35.7 Å². The van der Waals surface area contributed by atoms with Gasteiger partial charge in [-0.3, -0.25) is 14.4 Å². The van der Waals surface area contributed by atoms with E-state index < -0.39 is 24.5 Å². The molecule has 0 saturated carbocycles. The molecular formula is C32H27ClN8O4. The summed E-state index contributed by atoms with van der Waals surface area (Å²) in [5, 5.41) is 23.4. The molecule has 3 aromatic carbocycles. The first kappa shape index (κ1) is 30.7. The molecule has 0 unspecified atom stereocenters. The fourth-order valence-corrected chi connectivity index (χ4v) is 4.68. The zero-order valence-corrected chi connectivity index (χ0v) is 24.5. The molecule has 226 valence electrons. The maximum Gasteiger partial charge on any atom is 0.310 e. The lowest BCUT2D eigenvalue weighted by atomic mass is 9.99. The zero-order valence-electron chi connectivity index (χ0n) is 23.8. The van der Waals surface area contributed by atoms with Gasteiger partial charge in [0, 0.05) is 22.2 Å². The van der Waals surface area contributed by atoms with Crippen molar-refractivity contribution in [2.75, 3.05) is 6.61 Å². The molecule has 0 spiro atoms. The summed E-state index contributed by atoms with van der Waals surface area (Å²) in [6.45, 7) is -0.457. The molecule has 45 heavy (non-hydrogen) atoms. The number of esters is 1. The van der Waals surface area contributed by atoms with Crippen LogP contribution in [0.2, 0.25) is 5.02 Å². The van der Waals surface area contributed by atoms with Crippen LogP contribution in [0.1, 0.15) is 28.4 Å². The number of nitrogens with one attached hydrogen (secondary N) is 1. The summed E-state index contributed by atoms with van der Waals surface area (Å²) in [6, 6.07) is 23.6. The molecule has 1 atom stereocenters. The third kappa shape index (κ3) is 8.65. The standard InChI is InChI=1S/C32H27ClN8O4/c33-26-11-12-29(41-20-36-39-40-41)24(16-26)10-13-31(43)37-27(14-21-4-2-1-3-5-21)28-17-25(18-35-38-28)23-8-6-22(7-9-23)15-32(44)45-19-30(34)42/h1-13,16-18,20,27H,14-15,19H2,(H2,34,42)(H,37,43)/b13-10+/t27-/m0/s1. The average Bonchev–Trinajstić information content (AvgIpc) is 3.58. The maximum absolute atomic E-state index is 13.2. The summed E-state index contributed by atoms with van der Waals surface area (Å²) >= 11 is 6.22. The molecule has 2 heterocycles. The second-order valence-corrected chi connectivity index (χ2v) is 10.3. The number of rotatable bonds is 12. The third-order valence-electron chi connectivity index (χ3n) is 6.64. The second kappa shape index (κ2) is 14.6. The fraction of sp³-hybridized carbons (Fsp3) is 0.125. The van der Waals surface area contributed by atoms with Crippen molar-refractivity contribution >= 4 is 35.5 Å². The first-order valence-electron chi connectivity index (χ1n) is 13.8. The number of carbonyl (C=O) groups is 3. The Hall–Kier alpha value is -5.75. The Morgan fingerprint density at radius 2 is 1.76 bits per heavy atom. The van der Waals surface area contributed by atoms with Gasteiger partial charge in [0.1, 0.15) is 6.33 Å². The van der Waals surface area contributed by atoms with E-state index in [1.54, 1.807) is 42.6 Å². The lowest BCUT2D eigenvalue weighted by Crippen LogP contribution is -2.29. The summed E-state index contributed by atoms with van der Waals surface area (Å²) in [7, 11) is 0. The van der Waals surface area contributed by atoms with Gasteiger partial charge in [-0.15, -0.1) is 5.10 Å². The van der Waals surface area contributed by atoms with Gasteiger partial charge in [0.05, 0.1) is 30.0 Å². The van der Waals surface area contributed by atoms with Crippen molar-refractivity contribution in [2.24, 2.45) is 5.73 Å². The fourth-order valence-electron chi connectivity index (χ4n) is 4.50. The number of halogens is 1. The van der Waals surface area contributed by atoms with Crippen LogP contribution in [0.3, 0.4) is 0 Å². The minimum atomic E-state index is -0.714. The molecule has 0 radical (unpaired) electrons. The van der Waals surface area contributed by atoms with Crippen molar-refractivity contribution in [3.63, 3.8) is 0 Å². The number of hydrogen-bond acceptors (Lipinski definition) is 9. The van der Waals surface area contributed by atoms with Gasteiger partial charge < -0.3 is 15.8 Å². The summed E-state index contributed by atoms with van der Waals surface area (Å²) < 4.78 is 6.31. The molecule has 0 aliphatic rings. The number of nitrogens with zero attached hydrogens (tertiary/aromatic N) is 6. The van der Waals surface area contributed by atoms with Crippen molar-refractivity contribution in [3.05, 3.63) is 125 Å². The number of aromatic nitrogens is 6. The predicted molar refractivity (Wildman–Crippen MR) is 166 cm³/mol. The van der Waals surface area contributed by atoms with Crippen LogP contribution in [0.25, 0.3) is 22.9 Å². The number of primary amides is 1. The van der Waals surface area contributed by atoms with Crippen LogP contribution in [0.5, 0.6) is 0 Å². The van der Waals surface area contributed by atoms with E-state index in [0.29, 0.717) is 34.0 Å². The summed E-state index contributed by atoms with van der Waals surface area (Å²) in [4.78, 5) is 36.0. The van der Waals surface area contributed by atoms with Gasteiger partial charge in [-0.2, -0.15) is 14.9 Å². The number of benzene rings is 3. The molecule has 13 heteroatoms. The molecule has 12 nitrogen and oxygen atoms in total. The quantitative estimate of drug-likeness (QED) is 0.156. The molecule has 2 aromatic heterocycles. The first-order chi connectivity index (χ1) is 21.8. The van der Waals surface area contributed by atoms with E-state index in [9.17, 15) is 14.4 Å². The highest BCUT2D eigenvalue weighted by molar-refractivity contribution is 6.30. The topological polar surface area (TPSA) is 168 Å². The summed E-state index contributed by atoms with van der Waals surface area (Å²) in [5.41, 5.74) is 10.2. The van der Waals surface area contributed by atoms with Gasteiger partial charge in [-0.05, 0) is 63.9 Å². The highest BCUT2D eigenvalue weighted by atomic mass is 35.5. The summed E-state index contributed by atoms with van der Waals surface area (Å²) in [6.07, 6.45) is 6.61. The maximum atomic E-state index is 13.2. The van der Waals surface area contributed by atoms with Gasteiger partial charge >= 0.3 is 5.97 Å². The molecule has 0 aliphatic carbocycles. The minimum Gasteiger partial charge on any atom is -0.455 e. The van der Waals surface area contributed by atoms with Crippen LogP contribution >= 0.6 is 11.6 Å². The summed E-state index contributed by atoms with van der Waals surface area (Å²) in [5.74, 6) is -1.61. The normalized spacial score (nSPS) is 11.7. The number of hydrogen-bond donors (Lipinski definition) is 2. The van der Waals surface area contributed by atoms with Crippen molar-refractivity contribution in [1.29, 1.82) is 0 Å². The number of ether oxygens (including phenoxy) is 1. The molecule has 0 saturated heterocycles. The Bertz CT molecular complexity index is 1810. The molecule has 0 bridgehead atoms. The Kier molecular flexibility index (Phi) is 9.97. The lowest BCUT2D eigenvalue weighted by Gasteiger charge is -2.18. The Morgan fingerprint density at radius 1 is 0.956 bits per heavy atom. The van der Waals surface area contributed by atoms with Crippen LogP contribution in [0.4, 0.5) is 0 Å². The van der Waals surface area contributed by atoms with E-state index >= 15 is 0 Å². The van der Waals surface area contributed by atoms with Crippen LogP contribution in [-0.2, 0) is 32.0 Å². The second-order valence-electron chi connectivity index (χ2n) is 9.91. The predicted octanol–water partition coefficient (Wildman–Crippen LogP) is 3.46. The van der Waals surface area contributed by atoms with Gasteiger partial charge in [-0.1, -0.05) is 66.2 Å². The highest BCUT2D eigenvalue weighted by Crippen LogP contribution is 2.24. The number of tetrazole rings is 1. The minimum absolute atomic E-state index is 0.00148. The number of carbonyl (C=O) groups excluding carboxylic acids is 3. The van der Waals surface area contributed by atoms with Gasteiger partial charge in [0.2, 0.25) is 5.91 Å². The monoisotopic (exact) mass is 622 g/mol. The molecular weight excluding hydrogens is 596 g/mol. The van der Waals surface area contributed by atoms with E-state index in [4.69, 9.17) is 22.1 Å². The van der Waals surface area contributed by atoms with Gasteiger partial charge in [0.15, 0.2) is 6.61 Å². The Labute approximate surface area is 262 Å². The molecule has 5 aromatic rings. The molecule has 5 rings (SSSR count). The zero-order chi connectivity index (χ0) is 31.6. The average molecular weight is 623 g/mol. The molecule has 2 amide bonds. The Morgan fingerprint density at radius 3 is 2.49 bits per heavy atom. The molecule has 0 aliphatic heterocycles. The van der Waals surface area contributed by atoms with E-state index in [-0.39, 0.29) is 12.3 Å². The molecule has 0 fully saturated rings. The molecule has 3 N–H and O–H groups in total. The van der Waals surface area contributed by atoms with E-state index in [2.05, 4.69) is 31.0 Å². The van der Waals surface area contributed by atoms with Gasteiger partial charge in [-0.25, -0.2) is 0 Å². The van der Waals surface area contributed by atoms with E-state index in [1.165, 1.54) is 17.1 Å². The smallest absolute Gasteiger partial charge is 0.310 e.